The molecule has 0 saturated carbocycles. The average molecular weight is 313 g/mol. The molecule has 1 unspecified atom stereocenters. The minimum absolute atomic E-state index is 0.0956. The molecule has 0 aliphatic carbocycles. The van der Waals surface area contributed by atoms with E-state index in [2.05, 4.69) is 0 Å². The van der Waals surface area contributed by atoms with Crippen LogP contribution in [0.4, 0.5) is 17.1 Å². The molecule has 112 valence electrons. The number of hydrogen-bond acceptors (Lipinski definition) is 7. The first-order valence-electron chi connectivity index (χ1n) is 5.92. The lowest BCUT2D eigenvalue weighted by Gasteiger charge is -2.33. The number of anilines is 1. The summed E-state index contributed by atoms with van der Waals surface area (Å²) in [5.74, 6) is -0.128. The van der Waals surface area contributed by atoms with Gasteiger partial charge in [0.2, 0.25) is 0 Å². The van der Waals surface area contributed by atoms with E-state index in [1.54, 1.807) is 0 Å². The predicted molar refractivity (Wildman–Crippen MR) is 75.8 cm³/mol. The van der Waals surface area contributed by atoms with Crippen LogP contribution in [0.3, 0.4) is 0 Å². The van der Waals surface area contributed by atoms with Crippen molar-refractivity contribution >= 4 is 34.8 Å². The number of aliphatic carboxylic acids is 1. The molecule has 21 heavy (non-hydrogen) atoms. The summed E-state index contributed by atoms with van der Waals surface area (Å²) in [6.07, 6.45) is 0. The Bertz CT molecular complexity index is 608. The molecule has 1 saturated heterocycles. The van der Waals surface area contributed by atoms with Crippen molar-refractivity contribution in [2.45, 2.75) is 6.04 Å². The number of nitrogens with zero attached hydrogens (tertiary/aromatic N) is 3. The Hall–Kier alpha value is -2.36. The summed E-state index contributed by atoms with van der Waals surface area (Å²) in [7, 11) is 0. The second kappa shape index (κ2) is 5.95. The monoisotopic (exact) mass is 313 g/mol. The van der Waals surface area contributed by atoms with Gasteiger partial charge in [-0.3, -0.25) is 20.2 Å². The van der Waals surface area contributed by atoms with E-state index in [1.807, 2.05) is 0 Å². The van der Waals surface area contributed by atoms with Crippen LogP contribution in [0, 0.1) is 20.2 Å². The van der Waals surface area contributed by atoms with Crippen molar-refractivity contribution < 1.29 is 19.7 Å². The zero-order chi connectivity index (χ0) is 15.6. The van der Waals surface area contributed by atoms with Gasteiger partial charge in [-0.2, -0.15) is 11.8 Å². The lowest BCUT2D eigenvalue weighted by atomic mass is 10.1. The molecule has 9 nitrogen and oxygen atoms in total. The van der Waals surface area contributed by atoms with Crippen LogP contribution < -0.4 is 4.90 Å². The number of non-ortho nitro benzene ring substituents is 1. The fourth-order valence-corrected chi connectivity index (χ4v) is 3.15. The topological polar surface area (TPSA) is 127 Å². The quantitative estimate of drug-likeness (QED) is 0.654. The Labute approximate surface area is 122 Å². The largest absolute Gasteiger partial charge is 0.480 e. The number of nitro groups is 2. The molecule has 0 aromatic heterocycles. The minimum Gasteiger partial charge on any atom is -0.480 e. The summed E-state index contributed by atoms with van der Waals surface area (Å²) in [4.78, 5) is 33.0. The van der Waals surface area contributed by atoms with Gasteiger partial charge in [-0.05, 0) is 6.07 Å². The fourth-order valence-electron chi connectivity index (χ4n) is 2.11. The highest BCUT2D eigenvalue weighted by Gasteiger charge is 2.33. The van der Waals surface area contributed by atoms with Crippen LogP contribution in [0.25, 0.3) is 0 Å². The maximum Gasteiger partial charge on any atom is 0.327 e. The number of rotatable bonds is 4. The molecule has 1 aromatic carbocycles. The van der Waals surface area contributed by atoms with Gasteiger partial charge in [-0.15, -0.1) is 0 Å². The molecule has 1 heterocycles. The van der Waals surface area contributed by atoms with E-state index in [0.29, 0.717) is 18.1 Å². The SMILES string of the molecule is O=C(O)C1CSCCN1c1ccc([N+](=O)[O-])cc1[N+](=O)[O-]. The molecule has 2 rings (SSSR count). The minimum atomic E-state index is -1.07. The zero-order valence-electron chi connectivity index (χ0n) is 10.7. The Morgan fingerprint density at radius 3 is 2.62 bits per heavy atom. The second-order valence-electron chi connectivity index (χ2n) is 4.31. The zero-order valence-corrected chi connectivity index (χ0v) is 11.5. The van der Waals surface area contributed by atoms with Gasteiger partial charge in [0.25, 0.3) is 11.4 Å². The lowest BCUT2D eigenvalue weighted by molar-refractivity contribution is -0.393. The third-order valence-corrected chi connectivity index (χ3v) is 4.11. The molecule has 0 amide bonds. The first kappa shape index (κ1) is 15.0. The van der Waals surface area contributed by atoms with Crippen molar-refractivity contribution in [1.29, 1.82) is 0 Å². The van der Waals surface area contributed by atoms with Crippen molar-refractivity contribution in [3.05, 3.63) is 38.4 Å². The summed E-state index contributed by atoms with van der Waals surface area (Å²) < 4.78 is 0. The first-order chi connectivity index (χ1) is 9.91. The van der Waals surface area contributed by atoms with Crippen LogP contribution in [-0.2, 0) is 4.79 Å². The summed E-state index contributed by atoms with van der Waals surface area (Å²) in [6.45, 7) is 0.334. The van der Waals surface area contributed by atoms with Crippen LogP contribution in [-0.4, -0.2) is 45.0 Å². The van der Waals surface area contributed by atoms with Crippen LogP contribution in [0.1, 0.15) is 0 Å². The van der Waals surface area contributed by atoms with Crippen LogP contribution in [0.15, 0.2) is 18.2 Å². The highest BCUT2D eigenvalue weighted by Crippen LogP contribution is 2.35. The van der Waals surface area contributed by atoms with E-state index >= 15 is 0 Å². The lowest BCUT2D eigenvalue weighted by Crippen LogP contribution is -2.47. The second-order valence-corrected chi connectivity index (χ2v) is 5.46. The number of thioether (sulfide) groups is 1. The van der Waals surface area contributed by atoms with Crippen molar-refractivity contribution in [3.8, 4) is 0 Å². The summed E-state index contributed by atoms with van der Waals surface area (Å²) in [6, 6.07) is 2.35. The molecule has 0 radical (unpaired) electrons. The highest BCUT2D eigenvalue weighted by atomic mass is 32.2. The van der Waals surface area contributed by atoms with Gasteiger partial charge in [0, 0.05) is 24.1 Å². The van der Waals surface area contributed by atoms with Crippen molar-refractivity contribution in [3.63, 3.8) is 0 Å². The van der Waals surface area contributed by atoms with Gasteiger partial charge in [-0.25, -0.2) is 4.79 Å². The molecule has 10 heteroatoms. The Balaban J connectivity index is 2.48. The summed E-state index contributed by atoms with van der Waals surface area (Å²) in [5, 5.41) is 31.0. The van der Waals surface area contributed by atoms with Crippen LogP contribution >= 0.6 is 11.8 Å². The van der Waals surface area contributed by atoms with E-state index in [1.165, 1.54) is 22.7 Å². The molecule has 0 spiro atoms. The van der Waals surface area contributed by atoms with Gasteiger partial charge in [0.15, 0.2) is 0 Å². The third-order valence-electron chi connectivity index (χ3n) is 3.09. The highest BCUT2D eigenvalue weighted by molar-refractivity contribution is 7.99. The van der Waals surface area contributed by atoms with Crippen molar-refractivity contribution in [2.24, 2.45) is 0 Å². The Kier molecular flexibility index (Phi) is 4.26. The van der Waals surface area contributed by atoms with E-state index in [-0.39, 0.29) is 5.69 Å². The molecule has 0 bridgehead atoms. The molecule has 1 aromatic rings. The molecule has 1 aliphatic heterocycles. The maximum absolute atomic E-state index is 11.3. The van der Waals surface area contributed by atoms with E-state index in [4.69, 9.17) is 0 Å². The number of carboxylic acids is 1. The van der Waals surface area contributed by atoms with Crippen molar-refractivity contribution in [1.82, 2.24) is 0 Å². The average Bonchev–Trinajstić information content (AvgIpc) is 2.46. The normalized spacial score (nSPS) is 18.3. The number of nitro benzene ring substituents is 2. The molecule has 1 atom stereocenters. The maximum atomic E-state index is 11.3. The molecule has 1 aliphatic rings. The van der Waals surface area contributed by atoms with Crippen molar-refractivity contribution in [2.75, 3.05) is 23.0 Å². The van der Waals surface area contributed by atoms with Gasteiger partial charge >= 0.3 is 5.97 Å². The molecular formula is C11H11N3O6S. The van der Waals surface area contributed by atoms with Crippen LogP contribution in [0.5, 0.6) is 0 Å². The van der Waals surface area contributed by atoms with Gasteiger partial charge in [0.05, 0.1) is 15.9 Å². The smallest absolute Gasteiger partial charge is 0.327 e. The fraction of sp³-hybridized carbons (Fsp3) is 0.364. The van der Waals surface area contributed by atoms with Gasteiger partial charge in [-0.1, -0.05) is 0 Å². The number of hydrogen-bond donors (Lipinski definition) is 1. The number of carbonyl (C=O) groups is 1. The van der Waals surface area contributed by atoms with E-state index in [0.717, 1.165) is 12.1 Å². The number of carboxylic acid groups (broad SMARTS) is 1. The summed E-state index contributed by atoms with van der Waals surface area (Å²) in [5.41, 5.74) is -0.760. The Morgan fingerprint density at radius 2 is 2.05 bits per heavy atom. The number of benzene rings is 1. The Morgan fingerprint density at radius 1 is 1.33 bits per heavy atom. The molecule has 1 N–H and O–H groups in total. The first-order valence-corrected chi connectivity index (χ1v) is 7.07. The standard InChI is InChI=1S/C11H11N3O6S/c15-11(16)10-6-21-4-3-12(10)8-2-1-7(13(17)18)5-9(8)14(19)20/h1-2,5,10H,3-4,6H2,(H,15,16). The van der Waals surface area contributed by atoms with Gasteiger partial charge in [0.1, 0.15) is 11.7 Å². The van der Waals surface area contributed by atoms with Gasteiger partial charge < -0.3 is 10.0 Å². The summed E-state index contributed by atoms with van der Waals surface area (Å²) >= 11 is 1.45. The molecule has 1 fully saturated rings. The molecular weight excluding hydrogens is 302 g/mol. The third kappa shape index (κ3) is 3.05. The van der Waals surface area contributed by atoms with Crippen LogP contribution in [0.2, 0.25) is 0 Å². The predicted octanol–water partition coefficient (Wildman–Crippen LogP) is 1.51. The van der Waals surface area contributed by atoms with E-state index in [9.17, 15) is 30.1 Å². The van der Waals surface area contributed by atoms with E-state index < -0.39 is 33.2 Å².